The Balaban J connectivity index is 2.20. The number of sulfone groups is 1. The zero-order valence-corrected chi connectivity index (χ0v) is 11.8. The van der Waals surface area contributed by atoms with E-state index in [2.05, 4.69) is 10.3 Å². The number of aryl methyl sites for hydroxylation is 1. The number of aromatic nitrogens is 1. The van der Waals surface area contributed by atoms with Crippen LogP contribution in [-0.2, 0) is 16.4 Å². The van der Waals surface area contributed by atoms with Gasteiger partial charge >= 0.3 is 0 Å². The van der Waals surface area contributed by atoms with Gasteiger partial charge in [0, 0.05) is 23.0 Å². The predicted octanol–water partition coefficient (Wildman–Crippen LogP) is 2.47. The van der Waals surface area contributed by atoms with Crippen LogP contribution in [0.4, 0.5) is 5.69 Å². The Morgan fingerprint density at radius 3 is 2.78 bits per heavy atom. The number of hydrogen-bond donors (Lipinski definition) is 1. The molecule has 0 bridgehead atoms. The van der Waals surface area contributed by atoms with Gasteiger partial charge in [-0.15, -0.1) is 11.3 Å². The van der Waals surface area contributed by atoms with Crippen LogP contribution < -0.4 is 5.32 Å². The second-order valence-corrected chi connectivity index (χ2v) is 7.03. The van der Waals surface area contributed by atoms with Crippen LogP contribution in [0.3, 0.4) is 0 Å². The van der Waals surface area contributed by atoms with Crippen LogP contribution in [0, 0.1) is 6.92 Å². The van der Waals surface area contributed by atoms with Crippen molar-refractivity contribution in [2.75, 3.05) is 11.6 Å². The number of anilines is 1. The van der Waals surface area contributed by atoms with Gasteiger partial charge in [-0.2, -0.15) is 0 Å². The van der Waals surface area contributed by atoms with Crippen LogP contribution in [0.2, 0.25) is 0 Å². The summed E-state index contributed by atoms with van der Waals surface area (Å²) in [5, 5.41) is 3.19. The Hall–Kier alpha value is -1.40. The molecule has 0 atom stereocenters. The van der Waals surface area contributed by atoms with Crippen LogP contribution >= 0.6 is 11.3 Å². The van der Waals surface area contributed by atoms with Crippen LogP contribution in [-0.4, -0.2) is 19.7 Å². The molecule has 1 aromatic heterocycles. The van der Waals surface area contributed by atoms with Crippen molar-refractivity contribution in [3.8, 4) is 0 Å². The zero-order valence-electron chi connectivity index (χ0n) is 10.2. The van der Waals surface area contributed by atoms with E-state index in [0.717, 1.165) is 16.1 Å². The SMILES string of the molecule is Cc1ccc(NCc2cncs2)cc1S(C)(=O)=O. The molecule has 0 radical (unpaired) electrons. The summed E-state index contributed by atoms with van der Waals surface area (Å²) in [4.78, 5) is 5.47. The first-order valence-electron chi connectivity index (χ1n) is 5.39. The predicted molar refractivity (Wildman–Crippen MR) is 73.7 cm³/mol. The van der Waals surface area contributed by atoms with E-state index in [4.69, 9.17) is 0 Å². The summed E-state index contributed by atoms with van der Waals surface area (Å²) in [7, 11) is -3.18. The molecule has 0 aliphatic carbocycles. The van der Waals surface area contributed by atoms with Crippen molar-refractivity contribution in [3.05, 3.63) is 40.3 Å². The molecule has 0 aliphatic heterocycles. The number of hydrogen-bond acceptors (Lipinski definition) is 5. The summed E-state index contributed by atoms with van der Waals surface area (Å²) in [6, 6.07) is 5.36. The molecule has 18 heavy (non-hydrogen) atoms. The molecule has 1 heterocycles. The van der Waals surface area contributed by atoms with Crippen molar-refractivity contribution in [1.82, 2.24) is 4.98 Å². The Labute approximate surface area is 111 Å². The lowest BCUT2D eigenvalue weighted by Crippen LogP contribution is -2.03. The fraction of sp³-hybridized carbons (Fsp3) is 0.250. The molecule has 0 fully saturated rings. The zero-order chi connectivity index (χ0) is 13.2. The highest BCUT2D eigenvalue weighted by molar-refractivity contribution is 7.90. The molecule has 96 valence electrons. The molecular formula is C12H14N2O2S2. The molecule has 4 nitrogen and oxygen atoms in total. The van der Waals surface area contributed by atoms with Gasteiger partial charge < -0.3 is 5.32 Å². The monoisotopic (exact) mass is 282 g/mol. The normalized spacial score (nSPS) is 11.4. The molecule has 6 heteroatoms. The number of benzene rings is 1. The highest BCUT2D eigenvalue weighted by Crippen LogP contribution is 2.20. The lowest BCUT2D eigenvalue weighted by Gasteiger charge is -2.09. The molecule has 0 amide bonds. The number of rotatable bonds is 4. The average molecular weight is 282 g/mol. The summed E-state index contributed by atoms with van der Waals surface area (Å²) in [5.74, 6) is 0. The molecule has 0 aliphatic rings. The minimum absolute atomic E-state index is 0.372. The van der Waals surface area contributed by atoms with E-state index in [9.17, 15) is 8.42 Å². The van der Waals surface area contributed by atoms with E-state index in [-0.39, 0.29) is 0 Å². The van der Waals surface area contributed by atoms with Crippen LogP contribution in [0.5, 0.6) is 0 Å². The van der Waals surface area contributed by atoms with Gasteiger partial charge in [0.2, 0.25) is 0 Å². The third-order valence-corrected chi connectivity index (χ3v) is 4.56. The smallest absolute Gasteiger partial charge is 0.175 e. The summed E-state index contributed by atoms with van der Waals surface area (Å²) in [6.07, 6.45) is 3.02. The van der Waals surface area contributed by atoms with Gasteiger partial charge in [-0.3, -0.25) is 4.98 Å². The fourth-order valence-electron chi connectivity index (χ4n) is 1.63. The maximum atomic E-state index is 11.6. The number of nitrogens with zero attached hydrogens (tertiary/aromatic N) is 1. The highest BCUT2D eigenvalue weighted by atomic mass is 32.2. The summed E-state index contributed by atoms with van der Waals surface area (Å²) in [6.45, 7) is 2.44. The third kappa shape index (κ3) is 3.08. The standard InChI is InChI=1S/C12H14N2O2S2/c1-9-3-4-10(5-12(9)18(2,15)16)14-7-11-6-13-8-17-11/h3-6,8,14H,7H2,1-2H3. The first kappa shape index (κ1) is 13.0. The lowest BCUT2D eigenvalue weighted by atomic mass is 10.2. The van der Waals surface area contributed by atoms with Crippen molar-refractivity contribution in [2.45, 2.75) is 18.4 Å². The van der Waals surface area contributed by atoms with Crippen LogP contribution in [0.15, 0.2) is 34.8 Å². The number of nitrogens with one attached hydrogen (secondary N) is 1. The van der Waals surface area contributed by atoms with Gasteiger partial charge in [0.1, 0.15) is 0 Å². The van der Waals surface area contributed by atoms with Crippen molar-refractivity contribution in [3.63, 3.8) is 0 Å². The van der Waals surface area contributed by atoms with E-state index in [1.165, 1.54) is 6.26 Å². The van der Waals surface area contributed by atoms with E-state index < -0.39 is 9.84 Å². The molecular weight excluding hydrogens is 268 g/mol. The molecule has 2 rings (SSSR count). The minimum Gasteiger partial charge on any atom is -0.380 e. The summed E-state index contributed by atoms with van der Waals surface area (Å²) < 4.78 is 23.2. The van der Waals surface area contributed by atoms with Crippen molar-refractivity contribution in [2.24, 2.45) is 0 Å². The number of thiazole rings is 1. The maximum Gasteiger partial charge on any atom is 0.175 e. The van der Waals surface area contributed by atoms with Crippen molar-refractivity contribution in [1.29, 1.82) is 0 Å². The van der Waals surface area contributed by atoms with Crippen LogP contribution in [0.25, 0.3) is 0 Å². The lowest BCUT2D eigenvalue weighted by molar-refractivity contribution is 0.601. The minimum atomic E-state index is -3.18. The van der Waals surface area contributed by atoms with E-state index in [1.54, 1.807) is 36.0 Å². The van der Waals surface area contributed by atoms with E-state index >= 15 is 0 Å². The van der Waals surface area contributed by atoms with Gasteiger partial charge in [0.25, 0.3) is 0 Å². The van der Waals surface area contributed by atoms with Gasteiger partial charge in [0.15, 0.2) is 9.84 Å². The Morgan fingerprint density at radius 2 is 2.17 bits per heavy atom. The van der Waals surface area contributed by atoms with Crippen molar-refractivity contribution >= 4 is 26.9 Å². The van der Waals surface area contributed by atoms with Crippen LogP contribution in [0.1, 0.15) is 10.4 Å². The van der Waals surface area contributed by atoms with Crippen molar-refractivity contribution < 1.29 is 8.42 Å². The van der Waals surface area contributed by atoms with E-state index in [1.807, 2.05) is 12.1 Å². The molecule has 0 unspecified atom stereocenters. The van der Waals surface area contributed by atoms with Gasteiger partial charge in [-0.1, -0.05) is 6.07 Å². The molecule has 0 saturated heterocycles. The Kier molecular flexibility index (Phi) is 3.68. The molecule has 1 N–H and O–H groups in total. The third-order valence-electron chi connectivity index (χ3n) is 2.54. The Morgan fingerprint density at radius 1 is 1.39 bits per heavy atom. The largest absolute Gasteiger partial charge is 0.380 e. The first-order chi connectivity index (χ1) is 8.47. The van der Waals surface area contributed by atoms with Gasteiger partial charge in [0.05, 0.1) is 17.0 Å². The second-order valence-electron chi connectivity index (χ2n) is 4.07. The summed E-state index contributed by atoms with van der Waals surface area (Å²) in [5.41, 5.74) is 3.34. The summed E-state index contributed by atoms with van der Waals surface area (Å²) >= 11 is 1.56. The fourth-order valence-corrected chi connectivity index (χ4v) is 3.16. The van der Waals surface area contributed by atoms with E-state index in [0.29, 0.717) is 11.4 Å². The molecule has 2 aromatic rings. The molecule has 0 saturated carbocycles. The quantitative estimate of drug-likeness (QED) is 0.936. The molecule has 1 aromatic carbocycles. The van der Waals surface area contributed by atoms with Gasteiger partial charge in [-0.05, 0) is 24.6 Å². The Bertz CT molecular complexity index is 634. The second kappa shape index (κ2) is 5.07. The topological polar surface area (TPSA) is 59.1 Å². The maximum absolute atomic E-state index is 11.6. The highest BCUT2D eigenvalue weighted by Gasteiger charge is 2.11. The first-order valence-corrected chi connectivity index (χ1v) is 8.16. The molecule has 0 spiro atoms. The van der Waals surface area contributed by atoms with Gasteiger partial charge in [-0.25, -0.2) is 8.42 Å². The average Bonchev–Trinajstić information content (AvgIpc) is 2.79.